The van der Waals surface area contributed by atoms with E-state index in [0.717, 1.165) is 39.0 Å². The van der Waals surface area contributed by atoms with Gasteiger partial charge in [-0.1, -0.05) is 6.92 Å². The van der Waals surface area contributed by atoms with Gasteiger partial charge in [-0.2, -0.15) is 0 Å². The topological polar surface area (TPSA) is 43.8 Å². The number of hydrogen-bond acceptors (Lipinski definition) is 3. The van der Waals surface area contributed by atoms with Crippen molar-refractivity contribution in [2.24, 2.45) is 0 Å². The van der Waals surface area contributed by atoms with Crippen LogP contribution >= 0.6 is 0 Å². The lowest BCUT2D eigenvalue weighted by molar-refractivity contribution is -0.131. The molecule has 92 valence electrons. The van der Waals surface area contributed by atoms with Crippen LogP contribution in [0, 0.1) is 0 Å². The molecule has 16 heavy (non-hydrogen) atoms. The summed E-state index contributed by atoms with van der Waals surface area (Å²) in [5.41, 5.74) is -0.592. The number of carbonyl (C=O) groups is 1. The molecule has 0 aliphatic carbocycles. The molecule has 2 heterocycles. The van der Waals surface area contributed by atoms with Crippen molar-refractivity contribution in [3.05, 3.63) is 0 Å². The molecule has 0 bridgehead atoms. The fraction of sp³-hybridized carbons (Fsp3) is 0.917. The van der Waals surface area contributed by atoms with E-state index in [1.54, 1.807) is 0 Å². The van der Waals surface area contributed by atoms with Crippen LogP contribution in [0.15, 0.2) is 0 Å². The highest BCUT2D eigenvalue weighted by molar-refractivity contribution is 5.78. The van der Waals surface area contributed by atoms with Crippen LogP contribution in [-0.2, 0) is 4.79 Å². The predicted molar refractivity (Wildman–Crippen MR) is 62.1 cm³/mol. The standard InChI is InChI=1S/C12H22N2O2/c1-3-12(2,16)9-13-6-7-14-10(8-13)4-5-11(14)15/h10,16H,3-9H2,1-2H3. The molecule has 2 unspecified atom stereocenters. The van der Waals surface area contributed by atoms with Gasteiger partial charge < -0.3 is 10.0 Å². The lowest BCUT2D eigenvalue weighted by Crippen LogP contribution is -2.54. The van der Waals surface area contributed by atoms with E-state index in [2.05, 4.69) is 4.90 Å². The summed E-state index contributed by atoms with van der Waals surface area (Å²) in [4.78, 5) is 15.8. The summed E-state index contributed by atoms with van der Waals surface area (Å²) in [5, 5.41) is 10.0. The minimum Gasteiger partial charge on any atom is -0.389 e. The second kappa shape index (κ2) is 4.34. The molecule has 2 saturated heterocycles. The molecule has 2 aliphatic rings. The molecule has 2 aliphatic heterocycles. The van der Waals surface area contributed by atoms with E-state index in [0.29, 0.717) is 18.4 Å². The highest BCUT2D eigenvalue weighted by atomic mass is 16.3. The SMILES string of the molecule is CCC(C)(O)CN1CCN2C(=O)CCC2C1. The first-order valence-corrected chi connectivity index (χ1v) is 6.26. The molecule has 2 fully saturated rings. The molecule has 0 aromatic rings. The van der Waals surface area contributed by atoms with Gasteiger partial charge in [-0.25, -0.2) is 0 Å². The molecule has 4 nitrogen and oxygen atoms in total. The molecule has 4 heteroatoms. The van der Waals surface area contributed by atoms with Gasteiger partial charge in [0.15, 0.2) is 0 Å². The zero-order valence-corrected chi connectivity index (χ0v) is 10.3. The summed E-state index contributed by atoms with van der Waals surface area (Å²) in [7, 11) is 0. The van der Waals surface area contributed by atoms with Gasteiger partial charge in [-0.3, -0.25) is 9.69 Å². The van der Waals surface area contributed by atoms with Crippen LogP contribution < -0.4 is 0 Å². The summed E-state index contributed by atoms with van der Waals surface area (Å²) in [6.07, 6.45) is 2.48. The van der Waals surface area contributed by atoms with E-state index in [1.807, 2.05) is 18.7 Å². The molecular weight excluding hydrogens is 204 g/mol. The van der Waals surface area contributed by atoms with Crippen molar-refractivity contribution < 1.29 is 9.90 Å². The molecule has 0 spiro atoms. The van der Waals surface area contributed by atoms with Crippen LogP contribution in [0.5, 0.6) is 0 Å². The number of nitrogens with zero attached hydrogens (tertiary/aromatic N) is 2. The van der Waals surface area contributed by atoms with Crippen LogP contribution in [0.25, 0.3) is 0 Å². The number of aliphatic hydroxyl groups is 1. The minimum atomic E-state index is -0.592. The molecule has 0 aromatic carbocycles. The Morgan fingerprint density at radius 3 is 2.94 bits per heavy atom. The van der Waals surface area contributed by atoms with Crippen molar-refractivity contribution in [2.75, 3.05) is 26.2 Å². The van der Waals surface area contributed by atoms with E-state index in [9.17, 15) is 9.90 Å². The Balaban J connectivity index is 1.90. The van der Waals surface area contributed by atoms with E-state index in [-0.39, 0.29) is 0 Å². The smallest absolute Gasteiger partial charge is 0.222 e. The van der Waals surface area contributed by atoms with Crippen LogP contribution in [0.3, 0.4) is 0 Å². The molecule has 2 rings (SSSR count). The van der Waals surface area contributed by atoms with E-state index < -0.39 is 5.60 Å². The highest BCUT2D eigenvalue weighted by Crippen LogP contribution is 2.24. The third-order valence-electron chi connectivity index (χ3n) is 3.90. The Kier molecular flexibility index (Phi) is 3.22. The van der Waals surface area contributed by atoms with Crippen molar-refractivity contribution in [3.8, 4) is 0 Å². The van der Waals surface area contributed by atoms with Crippen molar-refractivity contribution in [2.45, 2.75) is 44.8 Å². The first kappa shape index (κ1) is 11.9. The zero-order valence-electron chi connectivity index (χ0n) is 10.3. The van der Waals surface area contributed by atoms with Gasteiger partial charge in [0.05, 0.1) is 5.60 Å². The minimum absolute atomic E-state index is 0.312. The molecule has 2 atom stereocenters. The average molecular weight is 226 g/mol. The van der Waals surface area contributed by atoms with Crippen molar-refractivity contribution in [1.82, 2.24) is 9.80 Å². The maximum atomic E-state index is 11.5. The van der Waals surface area contributed by atoms with Gasteiger partial charge in [-0.05, 0) is 19.8 Å². The molecule has 0 radical (unpaired) electrons. The quantitative estimate of drug-likeness (QED) is 0.760. The number of piperazine rings is 1. The van der Waals surface area contributed by atoms with E-state index >= 15 is 0 Å². The highest BCUT2D eigenvalue weighted by Gasteiger charge is 2.36. The van der Waals surface area contributed by atoms with Crippen LogP contribution in [0.1, 0.15) is 33.1 Å². The van der Waals surface area contributed by atoms with Crippen LogP contribution in [-0.4, -0.2) is 58.6 Å². The number of rotatable bonds is 3. The summed E-state index contributed by atoms with van der Waals surface area (Å²) >= 11 is 0. The summed E-state index contributed by atoms with van der Waals surface area (Å²) in [6, 6.07) is 0.397. The van der Waals surface area contributed by atoms with Crippen LogP contribution in [0.2, 0.25) is 0 Å². The fourth-order valence-electron chi connectivity index (χ4n) is 2.67. The first-order valence-electron chi connectivity index (χ1n) is 6.26. The van der Waals surface area contributed by atoms with Gasteiger partial charge >= 0.3 is 0 Å². The molecular formula is C12H22N2O2. The lowest BCUT2D eigenvalue weighted by Gasteiger charge is -2.40. The zero-order chi connectivity index (χ0) is 11.8. The predicted octanol–water partition coefficient (Wildman–Crippen LogP) is 0.454. The fourth-order valence-corrected chi connectivity index (χ4v) is 2.67. The van der Waals surface area contributed by atoms with Gasteiger partial charge in [0, 0.05) is 38.6 Å². The summed E-state index contributed by atoms with van der Waals surface area (Å²) in [6.45, 7) is 7.29. The van der Waals surface area contributed by atoms with Crippen molar-refractivity contribution in [1.29, 1.82) is 0 Å². The van der Waals surface area contributed by atoms with Gasteiger partial charge in [0.2, 0.25) is 5.91 Å². The molecule has 1 N–H and O–H groups in total. The Morgan fingerprint density at radius 1 is 1.50 bits per heavy atom. The second-order valence-electron chi connectivity index (χ2n) is 5.37. The third-order valence-corrected chi connectivity index (χ3v) is 3.90. The van der Waals surface area contributed by atoms with Crippen molar-refractivity contribution >= 4 is 5.91 Å². The number of carbonyl (C=O) groups excluding carboxylic acids is 1. The number of amides is 1. The maximum absolute atomic E-state index is 11.5. The number of fused-ring (bicyclic) bond motifs is 1. The molecule has 1 amide bonds. The van der Waals surface area contributed by atoms with Gasteiger partial charge in [-0.15, -0.1) is 0 Å². The lowest BCUT2D eigenvalue weighted by atomic mass is 10.0. The van der Waals surface area contributed by atoms with Crippen LogP contribution in [0.4, 0.5) is 0 Å². The van der Waals surface area contributed by atoms with Gasteiger partial charge in [0.1, 0.15) is 0 Å². The second-order valence-corrected chi connectivity index (χ2v) is 5.37. The summed E-state index contributed by atoms with van der Waals surface area (Å²) in [5.74, 6) is 0.312. The first-order chi connectivity index (χ1) is 7.52. The Hall–Kier alpha value is -0.610. The van der Waals surface area contributed by atoms with Gasteiger partial charge in [0.25, 0.3) is 0 Å². The molecule has 0 aromatic heterocycles. The number of β-amino-alcohol motifs (C(OH)–C–C–N with tert-alkyl or cyclic N) is 1. The largest absolute Gasteiger partial charge is 0.389 e. The Bertz CT molecular complexity index is 278. The van der Waals surface area contributed by atoms with Crippen molar-refractivity contribution in [3.63, 3.8) is 0 Å². The van der Waals surface area contributed by atoms with E-state index in [4.69, 9.17) is 0 Å². The Morgan fingerprint density at radius 2 is 2.25 bits per heavy atom. The summed E-state index contributed by atoms with van der Waals surface area (Å²) < 4.78 is 0. The monoisotopic (exact) mass is 226 g/mol. The molecule has 0 saturated carbocycles. The normalized spacial score (nSPS) is 30.3. The third kappa shape index (κ3) is 2.38. The Labute approximate surface area is 97.2 Å². The average Bonchev–Trinajstić information content (AvgIpc) is 2.60. The maximum Gasteiger partial charge on any atom is 0.222 e. The number of hydrogen-bond donors (Lipinski definition) is 1. The van der Waals surface area contributed by atoms with E-state index in [1.165, 1.54) is 0 Å².